The molecular formula is C22H24N4O3. The van der Waals surface area contributed by atoms with Gasteiger partial charge in [-0.1, -0.05) is 12.6 Å². The predicted octanol–water partition coefficient (Wildman–Crippen LogP) is 3.50. The number of hydrogen-bond donors (Lipinski definition) is 2. The van der Waals surface area contributed by atoms with Crippen molar-refractivity contribution in [2.45, 2.75) is 25.7 Å². The molecule has 0 aliphatic carbocycles. The number of benzene rings is 2. The zero-order chi connectivity index (χ0) is 20.4. The molecular weight excluding hydrogens is 368 g/mol. The van der Waals surface area contributed by atoms with E-state index in [4.69, 9.17) is 15.2 Å². The molecule has 4 rings (SSSR count). The van der Waals surface area contributed by atoms with E-state index in [1.165, 1.54) is 5.56 Å². The van der Waals surface area contributed by atoms with Crippen LogP contribution in [0.5, 0.6) is 11.5 Å². The Morgan fingerprint density at radius 2 is 1.93 bits per heavy atom. The molecule has 2 aliphatic heterocycles. The molecule has 7 heteroatoms. The van der Waals surface area contributed by atoms with Gasteiger partial charge < -0.3 is 20.5 Å². The minimum absolute atomic E-state index is 0.184. The summed E-state index contributed by atoms with van der Waals surface area (Å²) in [6.45, 7) is 4.50. The van der Waals surface area contributed by atoms with Gasteiger partial charge in [-0.25, -0.2) is 5.01 Å². The van der Waals surface area contributed by atoms with E-state index in [9.17, 15) is 4.79 Å². The van der Waals surface area contributed by atoms with Crippen molar-refractivity contribution in [1.82, 2.24) is 0 Å². The molecule has 0 saturated carbocycles. The maximum atomic E-state index is 12.0. The number of ether oxygens (including phenoxy) is 2. The van der Waals surface area contributed by atoms with Crippen LogP contribution >= 0.6 is 0 Å². The molecule has 2 aliphatic rings. The van der Waals surface area contributed by atoms with Gasteiger partial charge >= 0.3 is 0 Å². The quantitative estimate of drug-likeness (QED) is 0.834. The Hall–Kier alpha value is -3.48. The van der Waals surface area contributed by atoms with Crippen molar-refractivity contribution >= 4 is 28.7 Å². The van der Waals surface area contributed by atoms with Gasteiger partial charge in [-0.3, -0.25) is 4.79 Å². The van der Waals surface area contributed by atoms with E-state index in [2.05, 4.69) is 35.2 Å². The molecule has 2 aromatic carbocycles. The van der Waals surface area contributed by atoms with E-state index in [1.807, 2.05) is 25.2 Å². The van der Waals surface area contributed by atoms with E-state index >= 15 is 0 Å². The molecule has 0 atom stereocenters. The average Bonchev–Trinajstić information content (AvgIpc) is 3.20. The van der Waals surface area contributed by atoms with Crippen LogP contribution in [0.15, 0.2) is 48.1 Å². The van der Waals surface area contributed by atoms with Crippen LogP contribution in [0.4, 0.5) is 11.4 Å². The normalized spacial score (nSPS) is 17.9. The summed E-state index contributed by atoms with van der Waals surface area (Å²) in [4.78, 5) is 12.0. The number of carbonyl (C=O) groups is 1. The van der Waals surface area contributed by atoms with Crippen LogP contribution in [-0.2, 0) is 11.2 Å². The first-order valence-corrected chi connectivity index (χ1v) is 9.64. The number of amides is 1. The number of hydrogen-bond acceptors (Lipinski definition) is 6. The molecule has 7 nitrogen and oxygen atoms in total. The Morgan fingerprint density at radius 1 is 1.14 bits per heavy atom. The second kappa shape index (κ2) is 7.87. The van der Waals surface area contributed by atoms with Crippen molar-refractivity contribution in [3.05, 3.63) is 54.1 Å². The second-order valence-corrected chi connectivity index (χ2v) is 7.04. The number of aryl methyl sites for hydroxylation is 1. The van der Waals surface area contributed by atoms with E-state index in [-0.39, 0.29) is 6.79 Å². The van der Waals surface area contributed by atoms with E-state index in [1.54, 1.807) is 5.01 Å². The number of nitrogens with two attached hydrogens (primary N) is 1. The third-order valence-corrected chi connectivity index (χ3v) is 5.18. The lowest BCUT2D eigenvalue weighted by Crippen LogP contribution is -2.28. The van der Waals surface area contributed by atoms with Gasteiger partial charge in [0.25, 0.3) is 5.91 Å². The van der Waals surface area contributed by atoms with E-state index < -0.39 is 5.91 Å². The van der Waals surface area contributed by atoms with E-state index in [0.717, 1.165) is 36.2 Å². The van der Waals surface area contributed by atoms with Gasteiger partial charge in [-0.05, 0) is 55.5 Å². The monoisotopic (exact) mass is 392 g/mol. The number of anilines is 2. The third kappa shape index (κ3) is 3.76. The zero-order valence-electron chi connectivity index (χ0n) is 16.4. The van der Waals surface area contributed by atoms with Crippen LogP contribution < -0.4 is 25.5 Å². The summed E-state index contributed by atoms with van der Waals surface area (Å²) in [5.41, 5.74) is 10.5. The molecule has 0 fully saturated rings. The second-order valence-electron chi connectivity index (χ2n) is 7.04. The molecule has 29 heavy (non-hydrogen) atoms. The maximum absolute atomic E-state index is 12.0. The lowest BCUT2D eigenvalue weighted by molar-refractivity contribution is -0.112. The largest absolute Gasteiger partial charge is 0.454 e. The number of primary amides is 1. The Balaban J connectivity index is 1.85. The first-order chi connectivity index (χ1) is 14.1. The highest BCUT2D eigenvalue weighted by Crippen LogP contribution is 2.38. The first kappa shape index (κ1) is 18.9. The number of hydrazone groups is 1. The minimum atomic E-state index is -0.520. The van der Waals surface area contributed by atoms with Crippen molar-refractivity contribution in [3.63, 3.8) is 0 Å². The molecule has 2 heterocycles. The van der Waals surface area contributed by atoms with Crippen LogP contribution in [0, 0.1) is 0 Å². The maximum Gasteiger partial charge on any atom is 0.264 e. The molecule has 0 radical (unpaired) electrons. The van der Waals surface area contributed by atoms with Crippen molar-refractivity contribution in [3.8, 4) is 11.5 Å². The van der Waals surface area contributed by atoms with Gasteiger partial charge in [-0.15, -0.1) is 0 Å². The lowest BCUT2D eigenvalue weighted by atomic mass is 9.97. The van der Waals surface area contributed by atoms with Crippen molar-refractivity contribution in [2.24, 2.45) is 10.8 Å². The average molecular weight is 392 g/mol. The fraction of sp³-hybridized carbons (Fsp3) is 0.273. The van der Waals surface area contributed by atoms with Gasteiger partial charge in [0.05, 0.1) is 11.4 Å². The Morgan fingerprint density at radius 3 is 2.72 bits per heavy atom. The highest BCUT2D eigenvalue weighted by Gasteiger charge is 2.22. The highest BCUT2D eigenvalue weighted by atomic mass is 16.7. The zero-order valence-corrected chi connectivity index (χ0v) is 16.4. The number of nitrogens with one attached hydrogen (secondary N) is 1. The van der Waals surface area contributed by atoms with Crippen molar-refractivity contribution < 1.29 is 14.3 Å². The van der Waals surface area contributed by atoms with Gasteiger partial charge in [0.1, 0.15) is 5.71 Å². The van der Waals surface area contributed by atoms with Crippen molar-refractivity contribution in [1.29, 1.82) is 0 Å². The standard InChI is InChI=1S/C22H24N4O3/c1-14-18-11-16(24-2)8-7-15(18)5-3-4-6-19(22(23)27)25-26(14)17-9-10-20-21(12-17)29-13-28-20/h7-12,24H,1,3-6,13H2,2H3,(H2,23,27)/b25-19+. The molecule has 1 amide bonds. The molecule has 0 unspecified atom stereocenters. The SMILES string of the molecule is C=C1c2cc(NC)ccc2CCCC/C(C(N)=O)=N\N1c1ccc2c(c1)OCO2. The van der Waals surface area contributed by atoms with Gasteiger partial charge in [0, 0.05) is 24.4 Å². The van der Waals surface area contributed by atoms with Crippen LogP contribution in [0.3, 0.4) is 0 Å². The smallest absolute Gasteiger partial charge is 0.264 e. The van der Waals surface area contributed by atoms with Gasteiger partial charge in [0.2, 0.25) is 6.79 Å². The van der Waals surface area contributed by atoms with Crippen LogP contribution in [-0.4, -0.2) is 25.5 Å². The third-order valence-electron chi connectivity index (χ3n) is 5.18. The topological polar surface area (TPSA) is 89.2 Å². The number of rotatable bonds is 3. The molecule has 0 saturated heterocycles. The number of fused-ring (bicyclic) bond motifs is 2. The summed E-state index contributed by atoms with van der Waals surface area (Å²) in [6, 6.07) is 11.8. The van der Waals surface area contributed by atoms with Crippen LogP contribution in [0.2, 0.25) is 0 Å². The molecule has 150 valence electrons. The summed E-state index contributed by atoms with van der Waals surface area (Å²) in [7, 11) is 1.88. The lowest BCUT2D eigenvalue weighted by Gasteiger charge is -2.26. The highest BCUT2D eigenvalue weighted by molar-refractivity contribution is 6.38. The predicted molar refractivity (Wildman–Crippen MR) is 114 cm³/mol. The molecule has 2 aromatic rings. The van der Waals surface area contributed by atoms with Gasteiger partial charge in [0.15, 0.2) is 11.5 Å². The van der Waals surface area contributed by atoms with E-state index in [0.29, 0.717) is 29.3 Å². The molecule has 3 N–H and O–H groups in total. The Labute approximate surface area is 169 Å². The van der Waals surface area contributed by atoms with Gasteiger partial charge in [-0.2, -0.15) is 5.10 Å². The summed E-state index contributed by atoms with van der Waals surface area (Å²) in [5.74, 6) is 0.790. The minimum Gasteiger partial charge on any atom is -0.454 e. The fourth-order valence-corrected chi connectivity index (χ4v) is 3.57. The van der Waals surface area contributed by atoms with Crippen molar-refractivity contribution in [2.75, 3.05) is 24.2 Å². The van der Waals surface area contributed by atoms with Crippen LogP contribution in [0.25, 0.3) is 5.70 Å². The molecule has 0 bridgehead atoms. The Bertz CT molecular complexity index is 1000. The molecule has 0 spiro atoms. The van der Waals surface area contributed by atoms with Crippen LogP contribution in [0.1, 0.15) is 30.4 Å². The number of carbonyl (C=O) groups excluding carboxylic acids is 1. The summed E-state index contributed by atoms with van der Waals surface area (Å²) in [6.07, 6.45) is 3.18. The first-order valence-electron chi connectivity index (χ1n) is 9.64. The molecule has 0 aromatic heterocycles. The Kier molecular flexibility index (Phi) is 5.12. The summed E-state index contributed by atoms with van der Waals surface area (Å²) < 4.78 is 10.9. The summed E-state index contributed by atoms with van der Waals surface area (Å²) in [5, 5.41) is 9.47. The fourth-order valence-electron chi connectivity index (χ4n) is 3.57. The number of nitrogens with zero attached hydrogens (tertiary/aromatic N) is 2. The summed E-state index contributed by atoms with van der Waals surface area (Å²) >= 11 is 0.